The molecule has 33 heavy (non-hydrogen) atoms. The maximum atomic E-state index is 13.5. The molecule has 1 fully saturated rings. The van der Waals surface area contributed by atoms with Crippen molar-refractivity contribution < 1.29 is 19.1 Å². The number of benzene rings is 1. The van der Waals surface area contributed by atoms with Crippen molar-refractivity contribution in [1.82, 2.24) is 9.96 Å². The Bertz CT molecular complexity index is 1020. The second-order valence-electron chi connectivity index (χ2n) is 8.94. The van der Waals surface area contributed by atoms with Gasteiger partial charge in [0.2, 0.25) is 0 Å². The van der Waals surface area contributed by atoms with Crippen molar-refractivity contribution >= 4 is 29.2 Å². The van der Waals surface area contributed by atoms with Crippen molar-refractivity contribution in [2.75, 3.05) is 47.1 Å². The zero-order valence-corrected chi connectivity index (χ0v) is 19.9. The lowest BCUT2D eigenvalue weighted by atomic mass is 9.65. The van der Waals surface area contributed by atoms with Crippen molar-refractivity contribution in [3.05, 3.63) is 52.2 Å². The highest BCUT2D eigenvalue weighted by Gasteiger charge is 2.57. The Kier molecular flexibility index (Phi) is 6.53. The molecule has 3 aliphatic heterocycles. The second kappa shape index (κ2) is 9.41. The van der Waals surface area contributed by atoms with Gasteiger partial charge in [-0.1, -0.05) is 41.9 Å². The molecule has 5 rings (SSSR count). The van der Waals surface area contributed by atoms with E-state index in [0.717, 1.165) is 68.0 Å². The average Bonchev–Trinajstić information content (AvgIpc) is 2.84. The third-order valence-corrected chi connectivity index (χ3v) is 7.52. The Hall–Kier alpha value is -1.87. The van der Waals surface area contributed by atoms with Gasteiger partial charge in [-0.15, -0.1) is 5.06 Å². The van der Waals surface area contributed by atoms with Crippen molar-refractivity contribution in [1.29, 1.82) is 0 Å². The number of ether oxygens (including phenoxy) is 2. The van der Waals surface area contributed by atoms with Gasteiger partial charge in [-0.25, -0.2) is 4.99 Å². The number of nitrogens with zero attached hydrogens (tertiary/aromatic N) is 3. The molecule has 176 valence electrons. The molecule has 4 aliphatic rings. The highest BCUT2D eigenvalue weighted by Crippen LogP contribution is 2.56. The molecule has 8 heteroatoms. The van der Waals surface area contributed by atoms with Crippen LogP contribution >= 0.6 is 11.6 Å². The highest BCUT2D eigenvalue weighted by molar-refractivity contribution is 6.34. The van der Waals surface area contributed by atoms with Gasteiger partial charge >= 0.3 is 0 Å². The Labute approximate surface area is 199 Å². The Morgan fingerprint density at radius 2 is 2.03 bits per heavy atom. The van der Waals surface area contributed by atoms with E-state index < -0.39 is 11.8 Å². The number of hydrogen-bond acceptors (Lipinski definition) is 7. The summed E-state index contributed by atoms with van der Waals surface area (Å²) in [5, 5.41) is 2.17. The Balaban J connectivity index is 1.49. The van der Waals surface area contributed by atoms with Crippen LogP contribution in [0.2, 0.25) is 0 Å². The summed E-state index contributed by atoms with van der Waals surface area (Å²) in [5.74, 6) is 0.0439. The topological polar surface area (TPSA) is 63.6 Å². The summed E-state index contributed by atoms with van der Waals surface area (Å²) in [4.78, 5) is 26.4. The number of rotatable bonds is 6. The zero-order valence-electron chi connectivity index (χ0n) is 19.1. The normalized spacial score (nSPS) is 30.0. The van der Waals surface area contributed by atoms with E-state index in [1.54, 1.807) is 25.5 Å². The number of halogens is 1. The first-order valence-corrected chi connectivity index (χ1v) is 11.9. The molecule has 1 aromatic rings. The molecule has 1 saturated heterocycles. The van der Waals surface area contributed by atoms with Crippen molar-refractivity contribution in [2.45, 2.75) is 31.0 Å². The van der Waals surface area contributed by atoms with Crippen LogP contribution in [0.1, 0.15) is 36.6 Å². The molecule has 3 heterocycles. The molecular weight excluding hydrogens is 442 g/mol. The predicted octanol–water partition coefficient (Wildman–Crippen LogP) is 3.57. The highest BCUT2D eigenvalue weighted by atomic mass is 35.5. The minimum atomic E-state index is -0.861. The van der Waals surface area contributed by atoms with Crippen LogP contribution in [-0.2, 0) is 19.1 Å². The van der Waals surface area contributed by atoms with Gasteiger partial charge in [0.25, 0.3) is 0 Å². The monoisotopic (exact) mass is 471 g/mol. The summed E-state index contributed by atoms with van der Waals surface area (Å²) in [7, 11) is 3.27. The zero-order chi connectivity index (χ0) is 23.0. The van der Waals surface area contributed by atoms with Crippen molar-refractivity contribution in [3.63, 3.8) is 0 Å². The number of allylic oxidation sites excluding steroid dienone is 1. The van der Waals surface area contributed by atoms with Gasteiger partial charge in [-0.2, -0.15) is 0 Å². The molecule has 0 saturated carbocycles. The number of Topliss-reactive ketones (excluding diaryl/α,β-unsaturated/α-hetero) is 1. The third kappa shape index (κ3) is 3.81. The predicted molar refractivity (Wildman–Crippen MR) is 127 cm³/mol. The summed E-state index contributed by atoms with van der Waals surface area (Å²) >= 11 is 6.70. The fourth-order valence-electron chi connectivity index (χ4n) is 5.67. The molecule has 3 atom stereocenters. The summed E-state index contributed by atoms with van der Waals surface area (Å²) in [6.45, 7) is 4.48. The summed E-state index contributed by atoms with van der Waals surface area (Å²) < 4.78 is 11.3. The van der Waals surface area contributed by atoms with E-state index in [4.69, 9.17) is 25.9 Å². The number of carbonyl (C=O) groups excluding carboxylic acids is 1. The molecule has 0 N–H and O–H groups in total. The fraction of sp³-hybridized carbons (Fsp3) is 0.520. The van der Waals surface area contributed by atoms with Gasteiger partial charge < -0.3 is 9.47 Å². The lowest BCUT2D eigenvalue weighted by molar-refractivity contribution is -0.269. The number of hydroxylamine groups is 2. The molecular formula is C25H30ClN3O4. The van der Waals surface area contributed by atoms with Crippen LogP contribution in [0.15, 0.2) is 46.1 Å². The number of methoxy groups -OCH3 is 1. The van der Waals surface area contributed by atoms with Crippen molar-refractivity contribution in [2.24, 2.45) is 10.9 Å². The lowest BCUT2D eigenvalue weighted by Gasteiger charge is -2.53. The van der Waals surface area contributed by atoms with Gasteiger partial charge in [0, 0.05) is 49.9 Å². The smallest absolute Gasteiger partial charge is 0.160 e. The summed E-state index contributed by atoms with van der Waals surface area (Å²) in [6.07, 6.45) is 5.43. The maximum Gasteiger partial charge on any atom is 0.160 e. The Morgan fingerprint density at radius 1 is 1.24 bits per heavy atom. The first-order chi connectivity index (χ1) is 16.1. The first-order valence-electron chi connectivity index (χ1n) is 11.5. The number of ketones is 1. The minimum Gasteiger partial charge on any atom is -0.379 e. The van der Waals surface area contributed by atoms with Gasteiger partial charge in [-0.3, -0.25) is 14.5 Å². The van der Waals surface area contributed by atoms with Crippen LogP contribution in [0, 0.1) is 5.92 Å². The van der Waals surface area contributed by atoms with Crippen LogP contribution in [0.25, 0.3) is 5.57 Å². The number of fused-ring (bicyclic) bond motifs is 2. The maximum absolute atomic E-state index is 13.5. The number of morpholine rings is 1. The third-order valence-electron chi connectivity index (χ3n) is 7.24. The fourth-order valence-corrected chi connectivity index (χ4v) is 5.98. The van der Waals surface area contributed by atoms with Crippen LogP contribution in [-0.4, -0.2) is 74.6 Å². The molecule has 0 amide bonds. The molecule has 0 aromatic heterocycles. The molecule has 7 nitrogen and oxygen atoms in total. The van der Waals surface area contributed by atoms with E-state index >= 15 is 0 Å². The van der Waals surface area contributed by atoms with Crippen LogP contribution in [0.5, 0.6) is 0 Å². The van der Waals surface area contributed by atoms with Gasteiger partial charge in [-0.05, 0) is 30.5 Å². The van der Waals surface area contributed by atoms with Crippen LogP contribution in [0.4, 0.5) is 0 Å². The van der Waals surface area contributed by atoms with E-state index in [-0.39, 0.29) is 18.1 Å². The second-order valence-corrected chi connectivity index (χ2v) is 9.29. The minimum absolute atomic E-state index is 0.145. The van der Waals surface area contributed by atoms with Gasteiger partial charge in [0.05, 0.1) is 20.3 Å². The SMILES string of the molecule is COC1c2ccccc2C2=C(Cl)N=CC3=CC(CCCN4CCOCC4)C(=O)CC32N1OC. The van der Waals surface area contributed by atoms with E-state index in [1.807, 2.05) is 24.3 Å². The first kappa shape index (κ1) is 22.9. The van der Waals surface area contributed by atoms with Gasteiger partial charge in [0.1, 0.15) is 16.5 Å². The van der Waals surface area contributed by atoms with Crippen LogP contribution in [0.3, 0.4) is 0 Å². The molecule has 1 aliphatic carbocycles. The number of aliphatic imine (C=N–C) groups is 1. The quantitative estimate of drug-likeness (QED) is 0.591. The van der Waals surface area contributed by atoms with Gasteiger partial charge in [0.15, 0.2) is 6.23 Å². The number of carbonyl (C=O) groups is 1. The molecule has 3 unspecified atom stereocenters. The summed E-state index contributed by atoms with van der Waals surface area (Å²) in [5.41, 5.74) is 2.78. The average molecular weight is 472 g/mol. The van der Waals surface area contributed by atoms with E-state index in [0.29, 0.717) is 5.16 Å². The van der Waals surface area contributed by atoms with E-state index in [2.05, 4.69) is 16.0 Å². The summed E-state index contributed by atoms with van der Waals surface area (Å²) in [6, 6.07) is 7.95. The molecule has 1 aromatic carbocycles. The van der Waals surface area contributed by atoms with Crippen molar-refractivity contribution in [3.8, 4) is 0 Å². The largest absolute Gasteiger partial charge is 0.379 e. The Morgan fingerprint density at radius 3 is 2.79 bits per heavy atom. The van der Waals surface area contributed by atoms with E-state index in [9.17, 15) is 4.79 Å². The van der Waals surface area contributed by atoms with Crippen LogP contribution < -0.4 is 0 Å². The molecule has 0 bridgehead atoms. The molecule has 1 spiro atoms. The standard InChI is InChI=1S/C25H30ClN3O4/c1-31-24-20-8-4-3-7-19(20)22-23(26)27-16-18-14-17(6-5-9-28-10-12-33-13-11-28)21(30)15-25(18,22)29(24)32-2/h3-4,7-8,14,16-17,24H,5-6,9-13,15H2,1-2H3. The lowest BCUT2D eigenvalue weighted by Crippen LogP contribution is -2.59. The van der Waals surface area contributed by atoms with E-state index in [1.165, 1.54) is 0 Å². The number of hydrogen-bond donors (Lipinski definition) is 0. The molecule has 0 radical (unpaired) electrons.